The summed E-state index contributed by atoms with van der Waals surface area (Å²) < 4.78 is 29.6. The highest BCUT2D eigenvalue weighted by atomic mass is 28.2. The molecule has 2 radical (unpaired) electrons. The molecule has 0 aliphatic rings. The van der Waals surface area contributed by atoms with Gasteiger partial charge in [-0.15, -0.1) is 0 Å². The Morgan fingerprint density at radius 2 is 1.74 bits per heavy atom. The number of benzene rings is 1. The van der Waals surface area contributed by atoms with Crippen molar-refractivity contribution in [1.29, 1.82) is 0 Å². The van der Waals surface area contributed by atoms with Crippen molar-refractivity contribution in [3.05, 3.63) is 35.6 Å². The van der Waals surface area contributed by atoms with E-state index in [2.05, 4.69) is 0 Å². The quantitative estimate of drug-likeness (QED) is 0.542. The van der Waals surface area contributed by atoms with Crippen LogP contribution >= 0.6 is 0 Å². The van der Waals surface area contributed by atoms with Crippen LogP contribution < -0.4 is 0 Å². The third-order valence-corrected chi connectivity index (χ3v) is 3.02. The molecule has 0 aliphatic heterocycles. The van der Waals surface area contributed by atoms with Crippen molar-refractivity contribution < 1.29 is 18.3 Å². The topological polar surface area (TPSA) is 27.7 Å². The fourth-order valence-electron chi connectivity index (χ4n) is 1.37. The van der Waals surface area contributed by atoms with Gasteiger partial charge in [-0.05, 0) is 51.4 Å². The van der Waals surface area contributed by atoms with E-state index in [9.17, 15) is 4.39 Å². The van der Waals surface area contributed by atoms with E-state index in [1.165, 1.54) is 12.1 Å². The molecule has 5 heteroatoms. The van der Waals surface area contributed by atoms with Gasteiger partial charge in [0.05, 0.1) is 12.2 Å². The molecular formula is C14H21FO3Si. The molecule has 106 valence electrons. The lowest BCUT2D eigenvalue weighted by Crippen LogP contribution is -2.29. The van der Waals surface area contributed by atoms with Gasteiger partial charge in [0, 0.05) is 0 Å². The number of halogens is 1. The molecule has 0 unspecified atom stereocenters. The van der Waals surface area contributed by atoms with Gasteiger partial charge < -0.3 is 13.9 Å². The first-order chi connectivity index (χ1) is 8.97. The monoisotopic (exact) mass is 284 g/mol. The van der Waals surface area contributed by atoms with Crippen LogP contribution in [0.25, 0.3) is 0 Å². The summed E-state index contributed by atoms with van der Waals surface area (Å²) in [5.41, 5.74) is 0.908. The minimum Gasteiger partial charge on any atom is -0.372 e. The van der Waals surface area contributed by atoms with Crippen LogP contribution in [-0.2, 0) is 19.9 Å². The van der Waals surface area contributed by atoms with Crippen molar-refractivity contribution in [2.24, 2.45) is 0 Å². The van der Waals surface area contributed by atoms with E-state index in [0.717, 1.165) is 5.56 Å². The Morgan fingerprint density at radius 3 is 2.26 bits per heavy atom. The molecule has 0 N–H and O–H groups in total. The number of hydrogen-bond donors (Lipinski definition) is 0. The molecule has 3 nitrogen and oxygen atoms in total. The van der Waals surface area contributed by atoms with E-state index in [-0.39, 0.29) is 27.8 Å². The normalized spacial score (nSPS) is 11.8. The second kappa shape index (κ2) is 8.42. The predicted molar refractivity (Wildman–Crippen MR) is 73.2 cm³/mol. The SMILES string of the molecule is CC(C)OC(O[Si]Cc1cccc(F)c1)OC(C)C. The zero-order valence-electron chi connectivity index (χ0n) is 11.9. The van der Waals surface area contributed by atoms with Crippen molar-refractivity contribution in [2.45, 2.75) is 52.4 Å². The molecule has 0 atom stereocenters. The molecule has 0 aromatic heterocycles. The lowest BCUT2D eigenvalue weighted by atomic mass is 10.2. The first-order valence-electron chi connectivity index (χ1n) is 6.41. The van der Waals surface area contributed by atoms with Gasteiger partial charge in [-0.3, -0.25) is 0 Å². The third kappa shape index (κ3) is 7.42. The van der Waals surface area contributed by atoms with Crippen molar-refractivity contribution in [3.63, 3.8) is 0 Å². The van der Waals surface area contributed by atoms with Gasteiger partial charge in [-0.1, -0.05) is 12.1 Å². The summed E-state index contributed by atoms with van der Waals surface area (Å²) in [6, 6.07) is 7.16. The number of ether oxygens (including phenoxy) is 2. The Balaban J connectivity index is 2.38. The Kier molecular flexibility index (Phi) is 7.23. The van der Waals surface area contributed by atoms with Crippen molar-refractivity contribution in [1.82, 2.24) is 0 Å². The molecule has 0 amide bonds. The zero-order chi connectivity index (χ0) is 14.3. The summed E-state index contributed by atoms with van der Waals surface area (Å²) in [5, 5.41) is 0. The molecule has 0 heterocycles. The Hall–Kier alpha value is -0.753. The Morgan fingerprint density at radius 1 is 1.11 bits per heavy atom. The van der Waals surface area contributed by atoms with Crippen LogP contribution in [-0.4, -0.2) is 28.4 Å². The van der Waals surface area contributed by atoms with Crippen LogP contribution in [0.5, 0.6) is 0 Å². The van der Waals surface area contributed by atoms with E-state index in [0.29, 0.717) is 6.04 Å². The molecule has 1 rings (SSSR count). The lowest BCUT2D eigenvalue weighted by Gasteiger charge is -2.22. The van der Waals surface area contributed by atoms with Gasteiger partial charge in [0.1, 0.15) is 5.82 Å². The fourth-order valence-corrected chi connectivity index (χ4v) is 2.09. The molecule has 0 saturated carbocycles. The maximum atomic E-state index is 13.0. The summed E-state index contributed by atoms with van der Waals surface area (Å²) in [4.78, 5) is 0. The highest BCUT2D eigenvalue weighted by Gasteiger charge is 2.14. The van der Waals surface area contributed by atoms with E-state index >= 15 is 0 Å². The van der Waals surface area contributed by atoms with Crippen LogP contribution in [0, 0.1) is 5.82 Å². The Labute approximate surface area is 117 Å². The zero-order valence-corrected chi connectivity index (χ0v) is 12.9. The van der Waals surface area contributed by atoms with Gasteiger partial charge in [-0.25, -0.2) is 4.39 Å². The van der Waals surface area contributed by atoms with E-state index in [4.69, 9.17) is 13.9 Å². The first-order valence-corrected chi connectivity index (χ1v) is 7.52. The second-order valence-electron chi connectivity index (χ2n) is 4.73. The van der Waals surface area contributed by atoms with Gasteiger partial charge in [0.2, 0.25) is 9.76 Å². The minimum atomic E-state index is -0.660. The second-order valence-corrected chi connectivity index (χ2v) is 5.61. The molecule has 0 aliphatic carbocycles. The van der Waals surface area contributed by atoms with E-state index in [1.54, 1.807) is 6.07 Å². The maximum Gasteiger partial charge on any atom is 0.262 e. The smallest absolute Gasteiger partial charge is 0.262 e. The van der Waals surface area contributed by atoms with Gasteiger partial charge >= 0.3 is 0 Å². The van der Waals surface area contributed by atoms with E-state index in [1.807, 2.05) is 33.8 Å². The van der Waals surface area contributed by atoms with Crippen LogP contribution in [0.2, 0.25) is 0 Å². The molecule has 0 saturated heterocycles. The van der Waals surface area contributed by atoms with Gasteiger partial charge in [0.25, 0.3) is 6.48 Å². The Bertz CT molecular complexity index is 361. The molecule has 1 aromatic carbocycles. The van der Waals surface area contributed by atoms with Gasteiger partial charge in [0.15, 0.2) is 0 Å². The lowest BCUT2D eigenvalue weighted by molar-refractivity contribution is -0.275. The first kappa shape index (κ1) is 16.3. The van der Waals surface area contributed by atoms with Crippen LogP contribution in [0.3, 0.4) is 0 Å². The third-order valence-electron chi connectivity index (χ3n) is 2.11. The van der Waals surface area contributed by atoms with Crippen LogP contribution in [0.15, 0.2) is 24.3 Å². The molecule has 0 bridgehead atoms. The average Bonchev–Trinajstić information content (AvgIpc) is 2.27. The van der Waals surface area contributed by atoms with E-state index < -0.39 is 6.48 Å². The van der Waals surface area contributed by atoms with Crippen molar-refractivity contribution >= 4 is 9.76 Å². The maximum absolute atomic E-state index is 13.0. The summed E-state index contributed by atoms with van der Waals surface area (Å²) >= 11 is 0. The number of hydrogen-bond acceptors (Lipinski definition) is 3. The highest BCUT2D eigenvalue weighted by molar-refractivity contribution is 6.26. The van der Waals surface area contributed by atoms with Crippen molar-refractivity contribution in [2.75, 3.05) is 0 Å². The highest BCUT2D eigenvalue weighted by Crippen LogP contribution is 2.07. The summed E-state index contributed by atoms with van der Waals surface area (Å²) in [6.07, 6.45) is 0.0606. The molecular weight excluding hydrogens is 263 g/mol. The molecule has 0 fully saturated rings. The summed E-state index contributed by atoms with van der Waals surface area (Å²) in [5.74, 6) is -0.226. The summed E-state index contributed by atoms with van der Waals surface area (Å²) in [7, 11) is 0.169. The average molecular weight is 284 g/mol. The van der Waals surface area contributed by atoms with Crippen LogP contribution in [0.4, 0.5) is 4.39 Å². The largest absolute Gasteiger partial charge is 0.372 e. The van der Waals surface area contributed by atoms with Crippen molar-refractivity contribution in [3.8, 4) is 0 Å². The minimum absolute atomic E-state index is 0.0303. The van der Waals surface area contributed by atoms with Crippen LogP contribution in [0.1, 0.15) is 33.3 Å². The van der Waals surface area contributed by atoms with Gasteiger partial charge in [-0.2, -0.15) is 0 Å². The fraction of sp³-hybridized carbons (Fsp3) is 0.571. The molecule has 0 spiro atoms. The molecule has 19 heavy (non-hydrogen) atoms. The number of rotatable bonds is 8. The molecule has 1 aromatic rings. The predicted octanol–water partition coefficient (Wildman–Crippen LogP) is 3.10. The standard InChI is InChI=1S/C14H21FO3Si/c1-10(2)16-14(17-11(3)4)18-19-9-12-6-5-7-13(15)8-12/h5-8,10-11,14H,9H2,1-4H3. The summed E-state index contributed by atoms with van der Waals surface area (Å²) in [6.45, 7) is 7.04.